The molecular weight excluding hydrogens is 907 g/mol. The maximum Gasteiger partial charge on any atom is 0.220 e. The number of hydrogen-bond donors (Lipinski definition) is 9. The molecular formula is C57H93NO13. The van der Waals surface area contributed by atoms with Crippen molar-refractivity contribution < 1.29 is 64.6 Å². The molecule has 12 unspecified atom stereocenters. The number of nitrogens with one attached hydrogen (secondary N) is 1. The van der Waals surface area contributed by atoms with Crippen LogP contribution in [0.25, 0.3) is 0 Å². The third-order valence-electron chi connectivity index (χ3n) is 12.3. The van der Waals surface area contributed by atoms with Crippen LogP contribution in [0.3, 0.4) is 0 Å². The quantitative estimate of drug-likeness (QED) is 0.0213. The summed E-state index contributed by atoms with van der Waals surface area (Å²) in [5.74, 6) is -0.251. The van der Waals surface area contributed by atoms with Crippen molar-refractivity contribution in [3.05, 3.63) is 109 Å². The van der Waals surface area contributed by atoms with Gasteiger partial charge in [0.25, 0.3) is 0 Å². The van der Waals surface area contributed by atoms with Crippen molar-refractivity contribution in [2.24, 2.45) is 0 Å². The van der Waals surface area contributed by atoms with Gasteiger partial charge in [0, 0.05) is 6.42 Å². The van der Waals surface area contributed by atoms with Gasteiger partial charge < -0.3 is 65.1 Å². The predicted octanol–water partition coefficient (Wildman–Crippen LogP) is 7.71. The molecule has 9 N–H and O–H groups in total. The van der Waals surface area contributed by atoms with Crippen LogP contribution in [0.15, 0.2) is 109 Å². The van der Waals surface area contributed by atoms with Crippen molar-refractivity contribution >= 4 is 5.91 Å². The van der Waals surface area contributed by atoms with E-state index in [-0.39, 0.29) is 18.9 Å². The number of aliphatic hydroxyl groups excluding tert-OH is 8. The summed E-state index contributed by atoms with van der Waals surface area (Å²) in [5, 5.41) is 86.5. The van der Waals surface area contributed by atoms with Gasteiger partial charge in [-0.25, -0.2) is 0 Å². The number of hydrogen-bond acceptors (Lipinski definition) is 13. The molecule has 12 atom stereocenters. The molecule has 1 amide bonds. The van der Waals surface area contributed by atoms with Gasteiger partial charge >= 0.3 is 0 Å². The van der Waals surface area contributed by atoms with Crippen LogP contribution in [-0.4, -0.2) is 140 Å². The maximum absolute atomic E-state index is 13.1. The predicted molar refractivity (Wildman–Crippen MR) is 281 cm³/mol. The second-order valence-corrected chi connectivity index (χ2v) is 18.3. The number of ether oxygens (including phenoxy) is 4. The Morgan fingerprint density at radius 1 is 0.521 bits per heavy atom. The first-order valence-electron chi connectivity index (χ1n) is 26.6. The molecule has 0 aliphatic carbocycles. The smallest absolute Gasteiger partial charge is 0.220 e. The molecule has 2 aliphatic rings. The highest BCUT2D eigenvalue weighted by Gasteiger charge is 2.51. The molecule has 0 radical (unpaired) electrons. The number of allylic oxidation sites excluding steroid dienone is 18. The summed E-state index contributed by atoms with van der Waals surface area (Å²) in [4.78, 5) is 13.1. The Kier molecular flexibility index (Phi) is 37.8. The molecule has 0 aromatic carbocycles. The van der Waals surface area contributed by atoms with Crippen molar-refractivity contribution in [2.75, 3.05) is 19.8 Å². The topological polar surface area (TPSA) is 228 Å². The second-order valence-electron chi connectivity index (χ2n) is 18.3. The summed E-state index contributed by atoms with van der Waals surface area (Å²) >= 11 is 0. The van der Waals surface area contributed by atoms with Gasteiger partial charge in [0.15, 0.2) is 12.6 Å². The summed E-state index contributed by atoms with van der Waals surface area (Å²) in [7, 11) is 0. The molecule has 2 saturated heterocycles. The Hall–Kier alpha value is -3.35. The number of rotatable bonds is 39. The largest absolute Gasteiger partial charge is 0.394 e. The van der Waals surface area contributed by atoms with Crippen molar-refractivity contribution in [3.8, 4) is 0 Å². The fourth-order valence-corrected chi connectivity index (χ4v) is 7.93. The van der Waals surface area contributed by atoms with E-state index >= 15 is 0 Å². The van der Waals surface area contributed by atoms with Gasteiger partial charge in [-0.05, 0) is 83.5 Å². The molecule has 2 rings (SSSR count). The van der Waals surface area contributed by atoms with E-state index in [0.29, 0.717) is 12.8 Å². The average Bonchev–Trinajstić information content (AvgIpc) is 3.37. The molecule has 0 aromatic heterocycles. The van der Waals surface area contributed by atoms with E-state index in [9.17, 15) is 45.6 Å². The first-order valence-corrected chi connectivity index (χ1v) is 26.6. The van der Waals surface area contributed by atoms with E-state index < -0.39 is 86.8 Å². The summed E-state index contributed by atoms with van der Waals surface area (Å²) in [5.41, 5.74) is 0. The third kappa shape index (κ3) is 28.6. The monoisotopic (exact) mass is 1000 g/mol. The highest BCUT2D eigenvalue weighted by molar-refractivity contribution is 5.76. The molecule has 0 bridgehead atoms. The lowest BCUT2D eigenvalue weighted by atomic mass is 9.97. The lowest BCUT2D eigenvalue weighted by molar-refractivity contribution is -0.359. The van der Waals surface area contributed by atoms with Crippen molar-refractivity contribution in [3.63, 3.8) is 0 Å². The van der Waals surface area contributed by atoms with E-state index in [2.05, 4.69) is 129 Å². The lowest BCUT2D eigenvalue weighted by Crippen LogP contribution is -2.65. The SMILES string of the molecule is CC/C=C\C/C=C\C/C=C\C/C=C\C/C=C\C/C=C\C/C=C\C/C=C\C/C=C\CCCCCC(=O)NC(COC1OC(CO)C(OC2OC(CO)C(O)C(O)C2O)C(O)C1O)C(O)CCCCCCCC. The van der Waals surface area contributed by atoms with Crippen molar-refractivity contribution in [1.29, 1.82) is 0 Å². The number of carbonyl (C=O) groups excluding carboxylic acids is 1. The van der Waals surface area contributed by atoms with Crippen LogP contribution in [0.5, 0.6) is 0 Å². The Morgan fingerprint density at radius 3 is 1.48 bits per heavy atom. The number of amides is 1. The van der Waals surface area contributed by atoms with Crippen LogP contribution in [0.4, 0.5) is 0 Å². The Morgan fingerprint density at radius 2 is 0.972 bits per heavy atom. The van der Waals surface area contributed by atoms with Gasteiger partial charge in [-0.2, -0.15) is 0 Å². The molecule has 2 heterocycles. The molecule has 404 valence electrons. The van der Waals surface area contributed by atoms with E-state index in [4.69, 9.17) is 18.9 Å². The van der Waals surface area contributed by atoms with E-state index in [0.717, 1.165) is 116 Å². The zero-order chi connectivity index (χ0) is 51.7. The fourth-order valence-electron chi connectivity index (χ4n) is 7.93. The van der Waals surface area contributed by atoms with Gasteiger partial charge in [-0.15, -0.1) is 0 Å². The number of carbonyl (C=O) groups is 1. The summed E-state index contributed by atoms with van der Waals surface area (Å²) in [6.07, 6.45) is 41.5. The molecule has 71 heavy (non-hydrogen) atoms. The molecule has 2 aliphatic heterocycles. The summed E-state index contributed by atoms with van der Waals surface area (Å²) in [6, 6.07) is -0.851. The van der Waals surface area contributed by atoms with Crippen LogP contribution in [0.2, 0.25) is 0 Å². The molecule has 0 saturated carbocycles. The van der Waals surface area contributed by atoms with Gasteiger partial charge in [0.1, 0.15) is 48.8 Å². The average molecular weight is 1000 g/mol. The first-order chi connectivity index (χ1) is 34.6. The minimum Gasteiger partial charge on any atom is -0.394 e. The van der Waals surface area contributed by atoms with Crippen LogP contribution in [0.1, 0.15) is 149 Å². The van der Waals surface area contributed by atoms with E-state index in [1.807, 2.05) is 0 Å². The number of aliphatic hydroxyl groups is 8. The maximum atomic E-state index is 13.1. The number of unbranched alkanes of at least 4 members (excludes halogenated alkanes) is 8. The van der Waals surface area contributed by atoms with Gasteiger partial charge in [0.05, 0.1) is 32.0 Å². The van der Waals surface area contributed by atoms with Gasteiger partial charge in [-0.3, -0.25) is 4.79 Å². The lowest BCUT2D eigenvalue weighted by Gasteiger charge is -2.46. The third-order valence-corrected chi connectivity index (χ3v) is 12.3. The molecule has 0 spiro atoms. The molecule has 2 fully saturated rings. The molecule has 14 nitrogen and oxygen atoms in total. The fraction of sp³-hybridized carbons (Fsp3) is 0.667. The zero-order valence-electron chi connectivity index (χ0n) is 42.9. The highest BCUT2D eigenvalue weighted by Crippen LogP contribution is 2.30. The molecule has 0 aromatic rings. The van der Waals surface area contributed by atoms with Crippen molar-refractivity contribution in [2.45, 2.75) is 222 Å². The van der Waals surface area contributed by atoms with Crippen LogP contribution >= 0.6 is 0 Å². The minimum atomic E-state index is -1.79. The van der Waals surface area contributed by atoms with Gasteiger partial charge in [-0.1, -0.05) is 168 Å². The van der Waals surface area contributed by atoms with Crippen molar-refractivity contribution in [1.82, 2.24) is 5.32 Å². The molecule has 14 heteroatoms. The summed E-state index contributed by atoms with van der Waals surface area (Å²) < 4.78 is 22.6. The van der Waals surface area contributed by atoms with Crippen LogP contribution < -0.4 is 5.32 Å². The van der Waals surface area contributed by atoms with Gasteiger partial charge in [0.2, 0.25) is 5.91 Å². The highest BCUT2D eigenvalue weighted by atomic mass is 16.7. The minimum absolute atomic E-state index is 0.251. The zero-order valence-corrected chi connectivity index (χ0v) is 42.9. The normalized spacial score (nSPS) is 26.7. The Balaban J connectivity index is 1.68. The van der Waals surface area contributed by atoms with E-state index in [1.165, 1.54) is 0 Å². The first kappa shape index (κ1) is 63.8. The Labute approximate surface area is 425 Å². The summed E-state index contributed by atoms with van der Waals surface area (Å²) in [6.45, 7) is 2.60. The van der Waals surface area contributed by atoms with Crippen LogP contribution in [0, 0.1) is 0 Å². The Bertz CT molecular complexity index is 1600. The standard InChI is InChI=1S/C57H93NO13/c1-3-5-7-9-11-12-13-14-15-16-17-18-19-20-21-22-23-24-25-26-27-28-29-30-31-32-33-34-35-37-39-41-49(62)58-45(46(61)40-38-36-10-8-6-4-2)44-68-56-54(67)52(65)55(48(43-60)70-56)71-57-53(66)51(64)50(63)47(42-59)69-57/h5,7,11-12,14-15,17-18,20-21,23-24,26-27,29-30,32-33,45-48,50-57,59-61,63-67H,3-4,6,8-10,13,16,19,22,25,28,31,34-44H2,1-2H3,(H,58,62)/b7-5-,12-11-,15-14-,18-17-,21-20-,24-23-,27-26-,30-29-,33-32-. The van der Waals surface area contributed by atoms with Crippen LogP contribution in [-0.2, 0) is 23.7 Å². The van der Waals surface area contributed by atoms with E-state index in [1.54, 1.807) is 0 Å². The second kappa shape index (κ2) is 42.1.